The van der Waals surface area contributed by atoms with Crippen LogP contribution in [0.25, 0.3) is 0 Å². The van der Waals surface area contributed by atoms with Gasteiger partial charge in [-0.05, 0) is 23.8 Å². The van der Waals surface area contributed by atoms with E-state index in [4.69, 9.17) is 0 Å². The van der Waals surface area contributed by atoms with E-state index in [-0.39, 0.29) is 0 Å². The average molecular weight is 307 g/mol. The summed E-state index contributed by atoms with van der Waals surface area (Å²) in [4.78, 5) is 10.8. The summed E-state index contributed by atoms with van der Waals surface area (Å²) in [5.74, 6) is 8.82. The highest BCUT2D eigenvalue weighted by molar-refractivity contribution is 6.87. The molecule has 0 atom stereocenters. The van der Waals surface area contributed by atoms with E-state index in [2.05, 4.69) is 68.8 Å². The van der Waals surface area contributed by atoms with Gasteiger partial charge in [0.05, 0.1) is 7.11 Å². The van der Waals surface area contributed by atoms with E-state index in [1.807, 2.05) is 0 Å². The Morgan fingerprint density at radius 3 is 2.14 bits per heavy atom. The Labute approximate surface area is 132 Å². The Morgan fingerprint density at radius 1 is 1.14 bits per heavy atom. The lowest BCUT2D eigenvalue weighted by Gasteiger charge is -2.39. The summed E-state index contributed by atoms with van der Waals surface area (Å²) in [7, 11) is -0.195. The van der Waals surface area contributed by atoms with Crippen molar-refractivity contribution in [2.45, 2.75) is 71.5 Å². The van der Waals surface area contributed by atoms with Gasteiger partial charge in [0.2, 0.25) is 0 Å². The Kier molecular flexibility index (Phi) is 8.45. The number of hydrogen-bond acceptors (Lipinski definition) is 2. The van der Waals surface area contributed by atoms with Crippen LogP contribution in [0.3, 0.4) is 0 Å². The fraction of sp³-hybridized carbons (Fsp3) is 0.722. The summed E-state index contributed by atoms with van der Waals surface area (Å²) in [6.07, 6.45) is 3.67. The summed E-state index contributed by atoms with van der Waals surface area (Å²) >= 11 is 0. The topological polar surface area (TPSA) is 26.3 Å². The first-order chi connectivity index (χ1) is 9.65. The second-order valence-corrected chi connectivity index (χ2v) is 11.6. The molecule has 0 aromatic rings. The van der Waals surface area contributed by atoms with Gasteiger partial charge in [-0.25, -0.2) is 4.79 Å². The third kappa shape index (κ3) is 6.87. The Morgan fingerprint density at radius 2 is 1.67 bits per heavy atom. The summed E-state index contributed by atoms with van der Waals surface area (Å²) in [5.41, 5.74) is 3.58. The van der Waals surface area contributed by atoms with Crippen LogP contribution in [-0.2, 0) is 9.53 Å². The first-order valence-corrected chi connectivity index (χ1v) is 10.7. The van der Waals surface area contributed by atoms with E-state index in [0.29, 0.717) is 11.0 Å². The number of carbonyl (C=O) groups excluding carboxylic acids is 1. The first kappa shape index (κ1) is 19.8. The van der Waals surface area contributed by atoms with Crippen LogP contribution in [-0.4, -0.2) is 21.2 Å². The average Bonchev–Trinajstić information content (AvgIpc) is 2.40. The lowest BCUT2D eigenvalue weighted by molar-refractivity contribution is -0.133. The predicted molar refractivity (Wildman–Crippen MR) is 92.4 cm³/mol. The monoisotopic (exact) mass is 306 g/mol. The second-order valence-electron chi connectivity index (χ2n) is 6.80. The molecule has 0 aliphatic carbocycles. The van der Waals surface area contributed by atoms with Gasteiger partial charge >= 0.3 is 5.97 Å². The van der Waals surface area contributed by atoms with Crippen LogP contribution < -0.4 is 0 Å². The molecule has 0 amide bonds. The molecule has 0 aromatic carbocycles. The van der Waals surface area contributed by atoms with Gasteiger partial charge in [-0.3, -0.25) is 0 Å². The van der Waals surface area contributed by atoms with Gasteiger partial charge in [0.15, 0.2) is 0 Å². The summed E-state index contributed by atoms with van der Waals surface area (Å²) in [6, 6.07) is 0. The molecule has 0 aliphatic heterocycles. The molecular formula is C18H30O2Si. The zero-order valence-corrected chi connectivity index (χ0v) is 15.7. The minimum atomic E-state index is -1.54. The molecule has 0 heterocycles. The fourth-order valence-electron chi connectivity index (χ4n) is 1.78. The number of carbonyl (C=O) groups is 1. The number of esters is 1. The first-order valence-electron chi connectivity index (χ1n) is 7.72. The normalized spacial score (nSPS) is 11.2. The minimum Gasteiger partial charge on any atom is -0.459 e. The van der Waals surface area contributed by atoms with Crippen molar-refractivity contribution in [3.8, 4) is 23.3 Å². The molecule has 0 bridgehead atoms. The molecule has 0 N–H and O–H groups in total. The zero-order valence-electron chi connectivity index (χ0n) is 14.7. The lowest BCUT2D eigenvalue weighted by atomic mass is 9.99. The van der Waals surface area contributed by atoms with Crippen LogP contribution in [0.1, 0.15) is 53.4 Å². The predicted octanol–water partition coefficient (Wildman–Crippen LogP) is 4.41. The molecular weight excluding hydrogens is 276 g/mol. The SMILES string of the molecule is COC(=O)C#CCCCCC#C[Si](C)(C)C(C)(C)C(C)C. The highest BCUT2D eigenvalue weighted by atomic mass is 28.3. The number of hydrogen-bond donors (Lipinski definition) is 0. The molecule has 0 rings (SSSR count). The third-order valence-corrected chi connectivity index (χ3v) is 9.29. The molecule has 0 unspecified atom stereocenters. The number of ether oxygens (including phenoxy) is 1. The van der Waals surface area contributed by atoms with Gasteiger partial charge in [-0.15, -0.1) is 11.5 Å². The number of rotatable bonds is 5. The van der Waals surface area contributed by atoms with Crippen LogP contribution in [0.15, 0.2) is 0 Å². The highest BCUT2D eigenvalue weighted by Gasteiger charge is 2.40. The van der Waals surface area contributed by atoms with Gasteiger partial charge in [-0.2, -0.15) is 0 Å². The molecule has 0 saturated carbocycles. The van der Waals surface area contributed by atoms with Gasteiger partial charge in [0, 0.05) is 18.8 Å². The van der Waals surface area contributed by atoms with Crippen molar-refractivity contribution in [2.75, 3.05) is 7.11 Å². The number of unbranched alkanes of at least 4 members (excludes halogenated alkanes) is 3. The fourth-order valence-corrected chi connectivity index (χ4v) is 4.11. The van der Waals surface area contributed by atoms with E-state index in [1.165, 1.54) is 7.11 Å². The van der Waals surface area contributed by atoms with Gasteiger partial charge in [0.25, 0.3) is 0 Å². The standard InChI is InChI=1S/C18H30O2Si/c1-16(2)18(3,4)21(6,7)15-13-11-9-8-10-12-14-17(19)20-5/h16H,8-11H2,1-7H3. The van der Waals surface area contributed by atoms with Crippen molar-refractivity contribution in [1.29, 1.82) is 0 Å². The van der Waals surface area contributed by atoms with Crippen molar-refractivity contribution >= 4 is 14.0 Å². The molecule has 0 aromatic heterocycles. The van der Waals surface area contributed by atoms with Crippen LogP contribution in [0, 0.1) is 29.2 Å². The molecule has 0 fully saturated rings. The van der Waals surface area contributed by atoms with Crippen molar-refractivity contribution in [2.24, 2.45) is 5.92 Å². The second kappa shape index (κ2) is 8.95. The summed E-state index contributed by atoms with van der Waals surface area (Å²) in [6.45, 7) is 14.0. The maximum absolute atomic E-state index is 10.8. The molecule has 118 valence electrons. The maximum atomic E-state index is 10.8. The minimum absolute atomic E-state index is 0.325. The summed E-state index contributed by atoms with van der Waals surface area (Å²) in [5, 5.41) is 0.325. The van der Waals surface area contributed by atoms with Crippen LogP contribution in [0.4, 0.5) is 0 Å². The van der Waals surface area contributed by atoms with Crippen molar-refractivity contribution in [1.82, 2.24) is 0 Å². The van der Waals surface area contributed by atoms with Crippen molar-refractivity contribution < 1.29 is 9.53 Å². The van der Waals surface area contributed by atoms with E-state index in [0.717, 1.165) is 25.7 Å². The molecule has 0 aliphatic rings. The van der Waals surface area contributed by atoms with Crippen LogP contribution in [0.5, 0.6) is 0 Å². The smallest absolute Gasteiger partial charge is 0.384 e. The lowest BCUT2D eigenvalue weighted by Crippen LogP contribution is -2.41. The van der Waals surface area contributed by atoms with Gasteiger partial charge in [-0.1, -0.05) is 46.7 Å². The van der Waals surface area contributed by atoms with Crippen LogP contribution in [0.2, 0.25) is 18.1 Å². The zero-order chi connectivity index (χ0) is 16.5. The quantitative estimate of drug-likeness (QED) is 0.247. The molecule has 0 radical (unpaired) electrons. The van der Waals surface area contributed by atoms with E-state index in [1.54, 1.807) is 0 Å². The Bertz CT molecular complexity index is 453. The van der Waals surface area contributed by atoms with E-state index in [9.17, 15) is 4.79 Å². The molecule has 2 nitrogen and oxygen atoms in total. The van der Waals surface area contributed by atoms with E-state index >= 15 is 0 Å². The molecule has 0 saturated heterocycles. The Hall–Kier alpha value is -1.19. The van der Waals surface area contributed by atoms with Crippen LogP contribution >= 0.6 is 0 Å². The van der Waals surface area contributed by atoms with Gasteiger partial charge < -0.3 is 4.74 Å². The molecule has 0 spiro atoms. The van der Waals surface area contributed by atoms with Crippen molar-refractivity contribution in [3.63, 3.8) is 0 Å². The molecule has 3 heteroatoms. The summed E-state index contributed by atoms with van der Waals surface area (Å²) < 4.78 is 4.45. The third-order valence-electron chi connectivity index (χ3n) is 4.68. The molecule has 21 heavy (non-hydrogen) atoms. The highest BCUT2D eigenvalue weighted by Crippen LogP contribution is 2.43. The number of methoxy groups -OCH3 is 1. The maximum Gasteiger partial charge on any atom is 0.384 e. The van der Waals surface area contributed by atoms with Crippen molar-refractivity contribution in [3.05, 3.63) is 0 Å². The van der Waals surface area contributed by atoms with E-state index < -0.39 is 14.0 Å². The largest absolute Gasteiger partial charge is 0.459 e. The van der Waals surface area contributed by atoms with Gasteiger partial charge in [0.1, 0.15) is 8.07 Å². The Balaban J connectivity index is 4.19.